The quantitative estimate of drug-likeness (QED) is 0.268. The number of benzene rings is 3. The molecule has 0 aliphatic carbocycles. The fraction of sp³-hybridized carbons (Fsp3) is 0.130. The van der Waals surface area contributed by atoms with Crippen LogP contribution in [0, 0.1) is 10.1 Å². The van der Waals surface area contributed by atoms with E-state index in [1.807, 2.05) is 25.1 Å². The minimum Gasteiger partial charge on any atom is -0.264 e. The second kappa shape index (κ2) is 8.75. The first-order chi connectivity index (χ1) is 13.1. The van der Waals surface area contributed by atoms with Gasteiger partial charge < -0.3 is 0 Å². The van der Waals surface area contributed by atoms with Crippen molar-refractivity contribution in [3.8, 4) is 0 Å². The topological polar surface area (TPSA) is 43.1 Å². The maximum absolute atomic E-state index is 10.9. The minimum absolute atomic E-state index is 0.113. The van der Waals surface area contributed by atoms with Gasteiger partial charge in [0.05, 0.1) is 6.16 Å². The highest BCUT2D eigenvalue weighted by Crippen LogP contribution is 2.55. The second-order valence-electron chi connectivity index (χ2n) is 6.54. The van der Waals surface area contributed by atoms with E-state index in [9.17, 15) is 10.1 Å². The number of nitro groups is 1. The largest absolute Gasteiger partial charge is 0.264 e. The zero-order chi connectivity index (χ0) is 19.1. The van der Waals surface area contributed by atoms with Gasteiger partial charge in [0.15, 0.2) is 0 Å². The molecule has 0 amide bonds. The van der Waals surface area contributed by atoms with Gasteiger partial charge in [-0.3, -0.25) is 10.1 Å². The van der Waals surface area contributed by atoms with E-state index in [0.29, 0.717) is 0 Å². The molecule has 3 rings (SSSR count). The van der Waals surface area contributed by atoms with E-state index in [2.05, 4.69) is 78.9 Å². The van der Waals surface area contributed by atoms with Crippen LogP contribution in [0.15, 0.2) is 103 Å². The summed E-state index contributed by atoms with van der Waals surface area (Å²) in [6.45, 7) is 1.73. The van der Waals surface area contributed by atoms with Crippen LogP contribution in [0.1, 0.15) is 6.92 Å². The van der Waals surface area contributed by atoms with Gasteiger partial charge in [-0.05, 0) is 55.0 Å². The molecule has 0 radical (unpaired) electrons. The predicted octanol–water partition coefficient (Wildman–Crippen LogP) is 4.20. The lowest BCUT2D eigenvalue weighted by Gasteiger charge is -2.26. The molecule has 0 saturated carbocycles. The third-order valence-electron chi connectivity index (χ3n) is 4.68. The highest BCUT2D eigenvalue weighted by molar-refractivity contribution is 7.95. The normalized spacial score (nSPS) is 12.0. The summed E-state index contributed by atoms with van der Waals surface area (Å²) in [4.78, 5) is 10.7. The van der Waals surface area contributed by atoms with E-state index in [0.717, 1.165) is 11.7 Å². The summed E-state index contributed by atoms with van der Waals surface area (Å²) in [6, 6.07) is 31.6. The molecular weight excluding hydrogens is 353 g/mol. The van der Waals surface area contributed by atoms with Gasteiger partial charge in [-0.15, -0.1) is 0 Å². The summed E-state index contributed by atoms with van der Waals surface area (Å²) >= 11 is 0. The summed E-state index contributed by atoms with van der Waals surface area (Å²) in [7, 11) is -1.95. The first-order valence-electron chi connectivity index (χ1n) is 8.95. The fourth-order valence-corrected chi connectivity index (χ4v) is 7.53. The van der Waals surface area contributed by atoms with E-state index in [-0.39, 0.29) is 11.5 Å². The summed E-state index contributed by atoms with van der Waals surface area (Å²) in [5.41, 5.74) is 0.798. The molecule has 3 aromatic carbocycles. The third kappa shape index (κ3) is 4.32. The molecule has 0 aliphatic heterocycles. The number of nitrogens with zero attached hydrogens (tertiary/aromatic N) is 1. The van der Waals surface area contributed by atoms with E-state index in [4.69, 9.17) is 0 Å². The van der Waals surface area contributed by atoms with Crippen LogP contribution in [0.2, 0.25) is 0 Å². The monoisotopic (exact) mass is 376 g/mol. The standard InChI is InChI=1S/C23H23NO2P/c1-20(19-24(25)26)17-18-27(21-11-5-2-6-12-21,22-13-7-3-8-14-22)23-15-9-4-10-16-23/h2-17H,18-19H2,1H3/q+1. The Morgan fingerprint density at radius 2 is 1.19 bits per heavy atom. The van der Waals surface area contributed by atoms with Gasteiger partial charge in [0, 0.05) is 4.92 Å². The Morgan fingerprint density at radius 3 is 1.52 bits per heavy atom. The maximum Gasteiger partial charge on any atom is 0.224 e. The molecule has 0 heterocycles. The minimum atomic E-state index is -1.95. The summed E-state index contributed by atoms with van der Waals surface area (Å²) in [6.07, 6.45) is 2.83. The van der Waals surface area contributed by atoms with Crippen LogP contribution in [-0.4, -0.2) is 17.6 Å². The highest BCUT2D eigenvalue weighted by atomic mass is 31.2. The van der Waals surface area contributed by atoms with Crippen molar-refractivity contribution < 1.29 is 4.92 Å². The SMILES string of the molecule is CC(=CC[P+](c1ccccc1)(c1ccccc1)c1ccccc1)C[N+](=O)[O-]. The van der Waals surface area contributed by atoms with Crippen LogP contribution in [0.4, 0.5) is 0 Å². The molecule has 0 bridgehead atoms. The van der Waals surface area contributed by atoms with Crippen molar-refractivity contribution >= 4 is 23.2 Å². The van der Waals surface area contributed by atoms with Gasteiger partial charge in [0.25, 0.3) is 0 Å². The maximum atomic E-state index is 10.9. The molecule has 4 heteroatoms. The Kier molecular flexibility index (Phi) is 6.16. The van der Waals surface area contributed by atoms with E-state index >= 15 is 0 Å². The van der Waals surface area contributed by atoms with Crippen LogP contribution in [-0.2, 0) is 0 Å². The second-order valence-corrected chi connectivity index (χ2v) is 10.1. The lowest BCUT2D eigenvalue weighted by Crippen LogP contribution is -2.33. The Hall–Kier alpha value is -2.77. The van der Waals surface area contributed by atoms with Gasteiger partial charge >= 0.3 is 0 Å². The van der Waals surface area contributed by atoms with Gasteiger partial charge in [0.2, 0.25) is 6.54 Å². The van der Waals surface area contributed by atoms with Crippen LogP contribution in [0.25, 0.3) is 0 Å². The molecule has 0 N–H and O–H groups in total. The zero-order valence-corrected chi connectivity index (χ0v) is 16.3. The molecule has 0 saturated heterocycles. The third-order valence-corrected chi connectivity index (χ3v) is 8.95. The number of hydrogen-bond donors (Lipinski definition) is 0. The molecule has 27 heavy (non-hydrogen) atoms. The molecule has 0 aromatic heterocycles. The smallest absolute Gasteiger partial charge is 0.224 e. The van der Waals surface area contributed by atoms with Gasteiger partial charge in [-0.25, -0.2) is 0 Å². The first-order valence-corrected chi connectivity index (χ1v) is 10.9. The van der Waals surface area contributed by atoms with Gasteiger partial charge in [-0.1, -0.05) is 54.6 Å². The molecule has 0 fully saturated rings. The fourth-order valence-electron chi connectivity index (χ4n) is 3.37. The highest BCUT2D eigenvalue weighted by Gasteiger charge is 2.44. The van der Waals surface area contributed by atoms with Crippen molar-refractivity contribution in [2.75, 3.05) is 12.7 Å². The molecule has 0 aliphatic rings. The average Bonchev–Trinajstić information content (AvgIpc) is 2.70. The van der Waals surface area contributed by atoms with Crippen molar-refractivity contribution in [3.05, 3.63) is 113 Å². The average molecular weight is 376 g/mol. The number of hydrogen-bond acceptors (Lipinski definition) is 2. The van der Waals surface area contributed by atoms with Gasteiger partial charge in [0.1, 0.15) is 23.2 Å². The van der Waals surface area contributed by atoms with Crippen molar-refractivity contribution in [3.63, 3.8) is 0 Å². The number of allylic oxidation sites excluding steroid dienone is 1. The summed E-state index contributed by atoms with van der Waals surface area (Å²) in [5, 5.41) is 14.8. The molecule has 0 atom stereocenters. The zero-order valence-electron chi connectivity index (χ0n) is 15.4. The molecule has 136 valence electrons. The lowest BCUT2D eigenvalue weighted by molar-refractivity contribution is -0.470. The summed E-state index contributed by atoms with van der Waals surface area (Å²) < 4.78 is 0. The Morgan fingerprint density at radius 1 is 0.815 bits per heavy atom. The predicted molar refractivity (Wildman–Crippen MR) is 116 cm³/mol. The van der Waals surface area contributed by atoms with Crippen LogP contribution >= 0.6 is 7.26 Å². The molecule has 3 aromatic rings. The number of rotatable bonds is 7. The Balaban J connectivity index is 2.21. The molecule has 0 spiro atoms. The van der Waals surface area contributed by atoms with E-state index in [1.54, 1.807) is 0 Å². The molecular formula is C23H23NO2P+. The van der Waals surface area contributed by atoms with Crippen molar-refractivity contribution in [2.45, 2.75) is 6.92 Å². The molecule has 3 nitrogen and oxygen atoms in total. The lowest BCUT2D eigenvalue weighted by atomic mass is 10.3. The van der Waals surface area contributed by atoms with E-state index < -0.39 is 7.26 Å². The Bertz CT molecular complexity index is 812. The van der Waals surface area contributed by atoms with Crippen LogP contribution < -0.4 is 15.9 Å². The molecule has 0 unspecified atom stereocenters. The van der Waals surface area contributed by atoms with Gasteiger partial charge in [-0.2, -0.15) is 0 Å². The van der Waals surface area contributed by atoms with Crippen molar-refractivity contribution in [1.82, 2.24) is 0 Å². The van der Waals surface area contributed by atoms with Crippen molar-refractivity contribution in [2.24, 2.45) is 0 Å². The van der Waals surface area contributed by atoms with Crippen LogP contribution in [0.5, 0.6) is 0 Å². The van der Waals surface area contributed by atoms with E-state index in [1.165, 1.54) is 15.9 Å². The van der Waals surface area contributed by atoms with Crippen molar-refractivity contribution in [1.29, 1.82) is 0 Å². The van der Waals surface area contributed by atoms with Crippen LogP contribution in [0.3, 0.4) is 0 Å². The summed E-state index contributed by atoms with van der Waals surface area (Å²) in [5.74, 6) is 0. The Labute approximate surface area is 160 Å². The first kappa shape index (κ1) is 19.0.